The molecule has 4 rings (SSSR count). The van der Waals surface area contributed by atoms with Gasteiger partial charge in [-0.1, -0.05) is 30.3 Å². The van der Waals surface area contributed by atoms with Crippen molar-refractivity contribution in [3.8, 4) is 5.75 Å². The third kappa shape index (κ3) is 6.25. The molecule has 2 N–H and O–H groups in total. The van der Waals surface area contributed by atoms with E-state index in [0.29, 0.717) is 0 Å². The van der Waals surface area contributed by atoms with Crippen LogP contribution in [-0.2, 0) is 20.0 Å². The Hall–Kier alpha value is -3.46. The molecule has 1 aliphatic rings. The molecule has 0 saturated heterocycles. The first-order valence-electron chi connectivity index (χ1n) is 13.0. The zero-order valence-corrected chi connectivity index (χ0v) is 25.1. The van der Waals surface area contributed by atoms with Crippen LogP contribution in [-0.4, -0.2) is 81.1 Å². The fourth-order valence-corrected chi connectivity index (χ4v) is 7.20. The zero-order valence-electron chi connectivity index (χ0n) is 23.4. The van der Waals surface area contributed by atoms with Crippen molar-refractivity contribution >= 4 is 31.6 Å². The Morgan fingerprint density at radius 3 is 2.44 bits per heavy atom. The smallest absolute Gasteiger partial charge is 0.261 e. The van der Waals surface area contributed by atoms with Gasteiger partial charge in [-0.2, -0.15) is 4.31 Å². The topological polar surface area (TPSA) is 159 Å². The number of aromatic nitrogens is 1. The quantitative estimate of drug-likeness (QED) is 0.373. The summed E-state index contributed by atoms with van der Waals surface area (Å²) in [4.78, 5) is 15.2. The number of nitrogens with zero attached hydrogens (tertiary/aromatic N) is 3. The standard InChI is InChI=1S/C27H34N4O8S2/c1-17-14-31(18(2)16-32)27(33)23-13-21(29-40(34,35)22-9-7-6-8-10-22)11-12-24(23)38-25(17)15-30(5)41(36,37)26-19(3)28-39-20(26)4/h6-13,17-18,25,29,32H,14-16H2,1-5H3/t17-,18+,25+/m0/s1. The number of aryl methyl sites for hydroxylation is 2. The summed E-state index contributed by atoms with van der Waals surface area (Å²) in [6, 6.07) is 11.6. The number of aliphatic hydroxyl groups excluding tert-OH is 1. The fourth-order valence-electron chi connectivity index (χ4n) is 4.67. The molecule has 41 heavy (non-hydrogen) atoms. The molecule has 0 saturated carbocycles. The summed E-state index contributed by atoms with van der Waals surface area (Å²) in [5.74, 6) is -0.471. The summed E-state index contributed by atoms with van der Waals surface area (Å²) < 4.78 is 67.6. The highest BCUT2D eigenvalue weighted by Crippen LogP contribution is 2.32. The van der Waals surface area contributed by atoms with Crippen molar-refractivity contribution in [1.29, 1.82) is 0 Å². The van der Waals surface area contributed by atoms with Crippen LogP contribution in [0.3, 0.4) is 0 Å². The Morgan fingerprint density at radius 2 is 1.83 bits per heavy atom. The van der Waals surface area contributed by atoms with E-state index in [2.05, 4.69) is 9.88 Å². The first-order chi connectivity index (χ1) is 19.3. The number of carbonyl (C=O) groups excluding carboxylic acids is 1. The van der Waals surface area contributed by atoms with Crippen molar-refractivity contribution in [2.45, 2.75) is 49.6 Å². The second-order valence-corrected chi connectivity index (χ2v) is 13.9. The lowest BCUT2D eigenvalue weighted by Crippen LogP contribution is -2.50. The van der Waals surface area contributed by atoms with Gasteiger partial charge >= 0.3 is 0 Å². The van der Waals surface area contributed by atoms with Gasteiger partial charge in [0.15, 0.2) is 5.76 Å². The van der Waals surface area contributed by atoms with E-state index in [4.69, 9.17) is 9.26 Å². The van der Waals surface area contributed by atoms with E-state index in [0.717, 1.165) is 4.31 Å². The second-order valence-electron chi connectivity index (χ2n) is 10.2. The number of benzene rings is 2. The molecule has 0 bridgehead atoms. The number of carbonyl (C=O) groups is 1. The van der Waals surface area contributed by atoms with E-state index >= 15 is 0 Å². The molecule has 1 amide bonds. The number of ether oxygens (including phenoxy) is 1. The molecule has 3 atom stereocenters. The molecular formula is C27H34N4O8S2. The van der Waals surface area contributed by atoms with Gasteiger partial charge < -0.3 is 19.3 Å². The first kappa shape index (κ1) is 30.5. The molecule has 0 radical (unpaired) electrons. The van der Waals surface area contributed by atoms with E-state index < -0.39 is 38.1 Å². The SMILES string of the molecule is Cc1noc(C)c1S(=O)(=O)N(C)C[C@H]1Oc2ccc(NS(=O)(=O)c3ccccc3)cc2C(=O)N([C@H](C)CO)C[C@@H]1C. The number of anilines is 1. The minimum atomic E-state index is -3.98. The van der Waals surface area contributed by atoms with Crippen molar-refractivity contribution in [2.75, 3.05) is 31.5 Å². The van der Waals surface area contributed by atoms with Crippen LogP contribution in [0.5, 0.6) is 5.75 Å². The van der Waals surface area contributed by atoms with Crippen molar-refractivity contribution < 1.29 is 36.0 Å². The molecule has 1 aliphatic heterocycles. The number of sulfonamides is 2. The summed E-state index contributed by atoms with van der Waals surface area (Å²) in [5, 5.41) is 13.6. The van der Waals surface area contributed by atoms with E-state index in [1.54, 1.807) is 32.0 Å². The van der Waals surface area contributed by atoms with Gasteiger partial charge in [-0.05, 0) is 51.1 Å². The maximum atomic E-state index is 13.7. The number of hydrogen-bond donors (Lipinski definition) is 2. The lowest BCUT2D eigenvalue weighted by Gasteiger charge is -2.38. The minimum Gasteiger partial charge on any atom is -0.488 e. The summed E-state index contributed by atoms with van der Waals surface area (Å²) in [7, 11) is -6.48. The van der Waals surface area contributed by atoms with Gasteiger partial charge in [0.1, 0.15) is 22.4 Å². The predicted octanol–water partition coefficient (Wildman–Crippen LogP) is 2.63. The fraction of sp³-hybridized carbons (Fsp3) is 0.407. The molecule has 3 aromatic rings. The number of nitrogens with one attached hydrogen (secondary N) is 1. The number of amides is 1. The van der Waals surface area contributed by atoms with Crippen LogP contribution in [0.25, 0.3) is 0 Å². The van der Waals surface area contributed by atoms with Crippen molar-refractivity contribution in [2.24, 2.45) is 5.92 Å². The number of aliphatic hydroxyl groups is 1. The molecule has 14 heteroatoms. The van der Waals surface area contributed by atoms with Gasteiger partial charge in [-0.15, -0.1) is 0 Å². The van der Waals surface area contributed by atoms with Gasteiger partial charge in [0, 0.05) is 25.2 Å². The summed E-state index contributed by atoms with van der Waals surface area (Å²) >= 11 is 0. The van der Waals surface area contributed by atoms with Crippen molar-refractivity contribution in [3.05, 3.63) is 65.5 Å². The van der Waals surface area contributed by atoms with Crippen LogP contribution >= 0.6 is 0 Å². The van der Waals surface area contributed by atoms with E-state index in [1.807, 2.05) is 6.92 Å². The average molecular weight is 607 g/mol. The van der Waals surface area contributed by atoms with E-state index in [1.165, 1.54) is 49.2 Å². The highest BCUT2D eigenvalue weighted by Gasteiger charge is 2.37. The van der Waals surface area contributed by atoms with Crippen LogP contribution in [0, 0.1) is 19.8 Å². The maximum absolute atomic E-state index is 13.7. The molecule has 2 aromatic carbocycles. The Bertz CT molecular complexity index is 1600. The third-order valence-electron chi connectivity index (χ3n) is 7.04. The molecule has 2 heterocycles. The van der Waals surface area contributed by atoms with Crippen LogP contribution in [0.1, 0.15) is 35.7 Å². The predicted molar refractivity (Wildman–Crippen MR) is 151 cm³/mol. The van der Waals surface area contributed by atoms with E-state index in [-0.39, 0.29) is 63.9 Å². The van der Waals surface area contributed by atoms with Crippen LogP contribution in [0.2, 0.25) is 0 Å². The highest BCUT2D eigenvalue weighted by molar-refractivity contribution is 7.92. The maximum Gasteiger partial charge on any atom is 0.261 e. The zero-order chi connectivity index (χ0) is 30.1. The molecule has 12 nitrogen and oxygen atoms in total. The van der Waals surface area contributed by atoms with Crippen molar-refractivity contribution in [1.82, 2.24) is 14.4 Å². The molecule has 1 aromatic heterocycles. The lowest BCUT2D eigenvalue weighted by atomic mass is 9.99. The molecule has 0 aliphatic carbocycles. The summed E-state index contributed by atoms with van der Waals surface area (Å²) in [6.07, 6.45) is -0.706. The average Bonchev–Trinajstić information content (AvgIpc) is 3.28. The number of hydrogen-bond acceptors (Lipinski definition) is 9. The molecule has 0 fully saturated rings. The molecular weight excluding hydrogens is 572 g/mol. The normalized spacial score (nSPS) is 18.8. The molecule has 0 unspecified atom stereocenters. The van der Waals surface area contributed by atoms with Gasteiger partial charge in [0.2, 0.25) is 10.0 Å². The Labute approximate surface area is 240 Å². The number of rotatable bonds is 9. The Balaban J connectivity index is 1.70. The molecule has 0 spiro atoms. The minimum absolute atomic E-state index is 0.0139. The van der Waals surface area contributed by atoms with Gasteiger partial charge in [-0.3, -0.25) is 9.52 Å². The van der Waals surface area contributed by atoms with Crippen LogP contribution in [0.15, 0.2) is 62.8 Å². The van der Waals surface area contributed by atoms with Gasteiger partial charge in [0.25, 0.3) is 15.9 Å². The van der Waals surface area contributed by atoms with Crippen molar-refractivity contribution in [3.63, 3.8) is 0 Å². The lowest BCUT2D eigenvalue weighted by molar-refractivity contribution is 0.0387. The first-order valence-corrected chi connectivity index (χ1v) is 15.9. The number of fused-ring (bicyclic) bond motifs is 1. The van der Waals surface area contributed by atoms with Gasteiger partial charge in [0.05, 0.1) is 29.7 Å². The summed E-state index contributed by atoms with van der Waals surface area (Å²) in [5.41, 5.74) is 0.460. The second kappa shape index (κ2) is 11.8. The largest absolute Gasteiger partial charge is 0.488 e. The van der Waals surface area contributed by atoms with Gasteiger partial charge in [-0.25, -0.2) is 16.8 Å². The Morgan fingerprint density at radius 1 is 1.15 bits per heavy atom. The highest BCUT2D eigenvalue weighted by atomic mass is 32.2. The molecule has 222 valence electrons. The third-order valence-corrected chi connectivity index (χ3v) is 10.5. The van der Waals surface area contributed by atoms with Crippen LogP contribution < -0.4 is 9.46 Å². The monoisotopic (exact) mass is 606 g/mol. The van der Waals surface area contributed by atoms with E-state index in [9.17, 15) is 26.7 Å². The Kier molecular flexibility index (Phi) is 8.78. The summed E-state index contributed by atoms with van der Waals surface area (Å²) in [6.45, 7) is 6.38. The number of likely N-dealkylation sites (N-methyl/N-ethyl adjacent to an activating group) is 1. The van der Waals surface area contributed by atoms with Crippen LogP contribution in [0.4, 0.5) is 5.69 Å².